The highest BCUT2D eigenvalue weighted by Crippen LogP contribution is 2.36. The molecule has 0 saturated heterocycles. The van der Waals surface area contributed by atoms with Crippen LogP contribution in [0.3, 0.4) is 0 Å². The van der Waals surface area contributed by atoms with E-state index in [9.17, 15) is 9.18 Å². The highest BCUT2D eigenvalue weighted by atomic mass is 19.1. The van der Waals surface area contributed by atoms with Gasteiger partial charge in [0, 0.05) is 11.3 Å². The number of aryl methyl sites for hydroxylation is 1. The molecule has 0 aliphatic rings. The van der Waals surface area contributed by atoms with Crippen LogP contribution in [0.4, 0.5) is 15.8 Å². The minimum absolute atomic E-state index is 0.361. The van der Waals surface area contributed by atoms with Crippen LogP contribution in [0.2, 0.25) is 0 Å². The smallest absolute Gasteiger partial charge is 0.218 e. The average molecular weight is 296 g/mol. The number of carbonyl (C=O) groups is 1. The summed E-state index contributed by atoms with van der Waals surface area (Å²) >= 11 is 0. The van der Waals surface area contributed by atoms with Gasteiger partial charge in [-0.2, -0.15) is 0 Å². The summed E-state index contributed by atoms with van der Waals surface area (Å²) in [7, 11) is 0. The molecule has 2 aromatic carbocycles. The third kappa shape index (κ3) is 2.48. The van der Waals surface area contributed by atoms with Gasteiger partial charge in [0.2, 0.25) is 6.41 Å². The van der Waals surface area contributed by atoms with E-state index in [1.54, 1.807) is 6.92 Å². The van der Waals surface area contributed by atoms with Gasteiger partial charge in [-0.1, -0.05) is 35.5 Å². The number of halogens is 1. The Labute approximate surface area is 126 Å². The van der Waals surface area contributed by atoms with Gasteiger partial charge >= 0.3 is 0 Å². The van der Waals surface area contributed by atoms with Crippen molar-refractivity contribution in [1.29, 1.82) is 0 Å². The number of carbonyl (C=O) groups excluding carboxylic acids is 1. The standard InChI is InChI=1S/C17H13FN2O2/c1-12-17(16(19-22-12)13-5-3-2-4-6-13)20(11-21)15-9-7-14(18)8-10-15/h2-11H,1H3. The van der Waals surface area contributed by atoms with E-state index >= 15 is 0 Å². The van der Waals surface area contributed by atoms with Crippen molar-refractivity contribution in [3.8, 4) is 11.3 Å². The fourth-order valence-electron chi connectivity index (χ4n) is 2.28. The molecule has 0 unspecified atom stereocenters. The number of anilines is 2. The van der Waals surface area contributed by atoms with Crippen LogP contribution >= 0.6 is 0 Å². The van der Waals surface area contributed by atoms with Crippen LogP contribution < -0.4 is 4.90 Å². The Morgan fingerprint density at radius 2 is 1.77 bits per heavy atom. The SMILES string of the molecule is Cc1onc(-c2ccccc2)c1N(C=O)c1ccc(F)cc1. The summed E-state index contributed by atoms with van der Waals surface area (Å²) in [6.45, 7) is 1.73. The highest BCUT2D eigenvalue weighted by molar-refractivity contribution is 5.93. The molecule has 0 N–H and O–H groups in total. The van der Waals surface area contributed by atoms with Crippen LogP contribution in [0.15, 0.2) is 59.1 Å². The van der Waals surface area contributed by atoms with Crippen LogP contribution in [-0.4, -0.2) is 11.6 Å². The third-order valence-electron chi connectivity index (χ3n) is 3.33. The minimum atomic E-state index is -0.361. The molecular weight excluding hydrogens is 283 g/mol. The number of nitrogens with zero attached hydrogens (tertiary/aromatic N) is 2. The van der Waals surface area contributed by atoms with Crippen molar-refractivity contribution >= 4 is 17.8 Å². The van der Waals surface area contributed by atoms with Gasteiger partial charge in [-0.15, -0.1) is 0 Å². The van der Waals surface area contributed by atoms with Crippen molar-refractivity contribution in [1.82, 2.24) is 5.16 Å². The average Bonchev–Trinajstić information content (AvgIpc) is 2.93. The second-order valence-corrected chi connectivity index (χ2v) is 4.75. The lowest BCUT2D eigenvalue weighted by Crippen LogP contribution is -2.15. The van der Waals surface area contributed by atoms with Crippen molar-refractivity contribution in [3.63, 3.8) is 0 Å². The number of benzene rings is 2. The fraction of sp³-hybridized carbons (Fsp3) is 0.0588. The summed E-state index contributed by atoms with van der Waals surface area (Å²) in [5, 5.41) is 4.05. The maximum Gasteiger partial charge on any atom is 0.218 e. The zero-order chi connectivity index (χ0) is 15.5. The molecular formula is C17H13FN2O2. The van der Waals surface area contributed by atoms with Crippen LogP contribution in [-0.2, 0) is 4.79 Å². The Hall–Kier alpha value is -2.95. The number of aromatic nitrogens is 1. The lowest BCUT2D eigenvalue weighted by atomic mass is 10.1. The van der Waals surface area contributed by atoms with E-state index < -0.39 is 0 Å². The van der Waals surface area contributed by atoms with Crippen LogP contribution in [0.1, 0.15) is 5.76 Å². The lowest BCUT2D eigenvalue weighted by molar-refractivity contribution is -0.106. The Bertz CT molecular complexity index is 782. The summed E-state index contributed by atoms with van der Waals surface area (Å²) in [6.07, 6.45) is 0.666. The van der Waals surface area contributed by atoms with Crippen molar-refractivity contribution < 1.29 is 13.7 Å². The molecule has 5 heteroatoms. The molecule has 3 rings (SSSR count). The maximum absolute atomic E-state index is 13.1. The van der Waals surface area contributed by atoms with Gasteiger partial charge in [-0.25, -0.2) is 4.39 Å². The first kappa shape index (κ1) is 14.0. The third-order valence-corrected chi connectivity index (χ3v) is 3.33. The first-order valence-corrected chi connectivity index (χ1v) is 6.72. The topological polar surface area (TPSA) is 46.3 Å². The Morgan fingerprint density at radius 1 is 1.09 bits per heavy atom. The maximum atomic E-state index is 13.1. The second kappa shape index (κ2) is 5.81. The zero-order valence-electron chi connectivity index (χ0n) is 11.9. The van der Waals surface area contributed by atoms with Crippen molar-refractivity contribution in [3.05, 3.63) is 66.2 Å². The summed E-state index contributed by atoms with van der Waals surface area (Å²) in [5.41, 5.74) is 2.49. The second-order valence-electron chi connectivity index (χ2n) is 4.75. The molecule has 0 radical (unpaired) electrons. The van der Waals surface area contributed by atoms with Gasteiger partial charge in [-0.3, -0.25) is 9.69 Å². The summed E-state index contributed by atoms with van der Waals surface area (Å²) in [5.74, 6) is 0.148. The van der Waals surface area contributed by atoms with Gasteiger partial charge < -0.3 is 4.52 Å². The molecule has 0 atom stereocenters. The molecule has 110 valence electrons. The molecule has 1 heterocycles. The molecule has 0 spiro atoms. The monoisotopic (exact) mass is 296 g/mol. The van der Waals surface area contributed by atoms with Crippen molar-refractivity contribution in [2.24, 2.45) is 0 Å². The van der Waals surface area contributed by atoms with Crippen LogP contribution in [0.5, 0.6) is 0 Å². The van der Waals surface area contributed by atoms with Crippen molar-refractivity contribution in [2.75, 3.05) is 4.90 Å². The van der Waals surface area contributed by atoms with Gasteiger partial charge in [0.25, 0.3) is 0 Å². The first-order chi connectivity index (χ1) is 10.7. The number of amides is 1. The number of hydrogen-bond donors (Lipinski definition) is 0. The Morgan fingerprint density at radius 3 is 2.41 bits per heavy atom. The number of rotatable bonds is 4. The quantitative estimate of drug-likeness (QED) is 0.681. The summed E-state index contributed by atoms with van der Waals surface area (Å²) in [4.78, 5) is 13.0. The molecule has 0 fully saturated rings. The fourth-order valence-corrected chi connectivity index (χ4v) is 2.28. The molecule has 3 aromatic rings. The van der Waals surface area contributed by atoms with Crippen molar-refractivity contribution in [2.45, 2.75) is 6.92 Å². The summed E-state index contributed by atoms with van der Waals surface area (Å²) < 4.78 is 18.3. The Balaban J connectivity index is 2.12. The lowest BCUT2D eigenvalue weighted by Gasteiger charge is -2.17. The van der Waals surface area contributed by atoms with E-state index in [0.717, 1.165) is 5.56 Å². The molecule has 0 saturated carbocycles. The molecule has 1 aromatic heterocycles. The van der Waals surface area contributed by atoms with Gasteiger partial charge in [0.05, 0.1) is 0 Å². The van der Waals surface area contributed by atoms with E-state index in [2.05, 4.69) is 5.16 Å². The Kier molecular flexibility index (Phi) is 3.70. The highest BCUT2D eigenvalue weighted by Gasteiger charge is 2.21. The van der Waals surface area contributed by atoms with Crippen LogP contribution in [0, 0.1) is 12.7 Å². The minimum Gasteiger partial charge on any atom is -0.359 e. The largest absolute Gasteiger partial charge is 0.359 e. The van der Waals surface area contributed by atoms with E-state index in [0.29, 0.717) is 29.2 Å². The van der Waals surface area contributed by atoms with Gasteiger partial charge in [0.15, 0.2) is 5.76 Å². The molecule has 0 aliphatic carbocycles. The summed E-state index contributed by atoms with van der Waals surface area (Å²) in [6, 6.07) is 15.1. The van der Waals surface area contributed by atoms with Crippen LogP contribution in [0.25, 0.3) is 11.3 Å². The molecule has 0 aliphatic heterocycles. The van der Waals surface area contributed by atoms with E-state index in [1.807, 2.05) is 30.3 Å². The molecule has 1 amide bonds. The molecule has 0 bridgehead atoms. The molecule has 4 nitrogen and oxygen atoms in total. The van der Waals surface area contributed by atoms with E-state index in [-0.39, 0.29) is 5.82 Å². The normalized spacial score (nSPS) is 10.5. The van der Waals surface area contributed by atoms with Gasteiger partial charge in [0.1, 0.15) is 17.2 Å². The predicted octanol–water partition coefficient (Wildman–Crippen LogP) is 4.08. The predicted molar refractivity (Wildman–Crippen MR) is 81.3 cm³/mol. The van der Waals surface area contributed by atoms with E-state index in [1.165, 1.54) is 29.2 Å². The van der Waals surface area contributed by atoms with E-state index in [4.69, 9.17) is 4.52 Å². The molecule has 22 heavy (non-hydrogen) atoms. The first-order valence-electron chi connectivity index (χ1n) is 6.72. The number of hydrogen-bond acceptors (Lipinski definition) is 3. The van der Waals surface area contributed by atoms with Gasteiger partial charge in [-0.05, 0) is 31.2 Å². The zero-order valence-corrected chi connectivity index (χ0v) is 11.9.